The summed E-state index contributed by atoms with van der Waals surface area (Å²) in [6, 6.07) is 0. The highest BCUT2D eigenvalue weighted by Crippen LogP contribution is 2.34. The second-order valence-corrected chi connectivity index (χ2v) is 6.03. The predicted octanol–water partition coefficient (Wildman–Crippen LogP) is 3.19. The lowest BCUT2D eigenvalue weighted by Crippen LogP contribution is -2.24. The highest BCUT2D eigenvalue weighted by atomic mass is 35.5. The van der Waals surface area contributed by atoms with Crippen molar-refractivity contribution >= 4 is 23.4 Å². The van der Waals surface area contributed by atoms with Gasteiger partial charge in [0.05, 0.1) is 6.20 Å². The minimum absolute atomic E-state index is 0.339. The van der Waals surface area contributed by atoms with Crippen LogP contribution in [-0.4, -0.2) is 29.6 Å². The van der Waals surface area contributed by atoms with E-state index in [-0.39, 0.29) is 0 Å². The fraction of sp³-hybridized carbons (Fsp3) is 0.692. The van der Waals surface area contributed by atoms with E-state index in [1.54, 1.807) is 6.20 Å². The fourth-order valence-electron chi connectivity index (χ4n) is 2.20. The smallest absolute Gasteiger partial charge is 0.224 e. The van der Waals surface area contributed by atoms with Crippen molar-refractivity contribution in [3.63, 3.8) is 0 Å². The summed E-state index contributed by atoms with van der Waals surface area (Å²) < 4.78 is 0. The number of hydrogen-bond donors (Lipinski definition) is 1. The van der Waals surface area contributed by atoms with Crippen molar-refractivity contribution in [2.45, 2.75) is 33.6 Å². The van der Waals surface area contributed by atoms with E-state index in [9.17, 15) is 0 Å². The first kappa shape index (κ1) is 13.4. The molecule has 0 atom stereocenters. The number of halogens is 1. The summed E-state index contributed by atoms with van der Waals surface area (Å²) in [6.07, 6.45) is 3.91. The van der Waals surface area contributed by atoms with Crippen LogP contribution in [-0.2, 0) is 0 Å². The molecule has 0 unspecified atom stereocenters. The van der Waals surface area contributed by atoms with Gasteiger partial charge in [0.15, 0.2) is 5.82 Å². The molecular weight excluding hydrogens is 248 g/mol. The lowest BCUT2D eigenvalue weighted by atomic mass is 9.93. The van der Waals surface area contributed by atoms with Crippen molar-refractivity contribution in [3.05, 3.63) is 11.2 Å². The van der Waals surface area contributed by atoms with Gasteiger partial charge in [-0.15, -0.1) is 0 Å². The molecule has 1 aliphatic rings. The minimum Gasteiger partial charge on any atom is -0.355 e. The van der Waals surface area contributed by atoms with E-state index >= 15 is 0 Å². The van der Waals surface area contributed by atoms with Crippen LogP contribution in [0.15, 0.2) is 6.20 Å². The summed E-state index contributed by atoms with van der Waals surface area (Å²) in [7, 11) is 0. The number of aromatic nitrogens is 2. The molecule has 0 aliphatic carbocycles. The van der Waals surface area contributed by atoms with Crippen LogP contribution in [0.2, 0.25) is 5.02 Å². The van der Waals surface area contributed by atoms with E-state index < -0.39 is 0 Å². The summed E-state index contributed by atoms with van der Waals surface area (Å²) >= 11 is 6.21. The third-order valence-electron chi connectivity index (χ3n) is 3.24. The summed E-state index contributed by atoms with van der Waals surface area (Å²) in [6.45, 7) is 9.56. The predicted molar refractivity (Wildman–Crippen MR) is 76.4 cm³/mol. The minimum atomic E-state index is 0.339. The Morgan fingerprint density at radius 2 is 2.28 bits per heavy atom. The first-order valence-corrected chi connectivity index (χ1v) is 6.91. The molecule has 0 saturated carbocycles. The van der Waals surface area contributed by atoms with Crippen LogP contribution < -0.4 is 10.2 Å². The highest BCUT2D eigenvalue weighted by molar-refractivity contribution is 6.32. The fourth-order valence-corrected chi connectivity index (χ4v) is 2.41. The molecule has 1 N–H and O–H groups in total. The molecule has 1 aliphatic heterocycles. The zero-order valence-corrected chi connectivity index (χ0v) is 12.1. The average molecular weight is 269 g/mol. The molecule has 2 heterocycles. The second-order valence-electron chi connectivity index (χ2n) is 5.63. The third kappa shape index (κ3) is 3.05. The molecule has 1 aromatic rings. The highest BCUT2D eigenvalue weighted by Gasteiger charge is 2.31. The quantitative estimate of drug-likeness (QED) is 0.911. The zero-order chi connectivity index (χ0) is 13.2. The Bertz CT molecular complexity index is 419. The van der Waals surface area contributed by atoms with Gasteiger partial charge in [-0.1, -0.05) is 32.4 Å². The van der Waals surface area contributed by atoms with Gasteiger partial charge < -0.3 is 10.2 Å². The summed E-state index contributed by atoms with van der Waals surface area (Å²) in [5.74, 6) is 1.52. The molecular formula is C13H21ClN4. The molecule has 1 saturated heterocycles. The van der Waals surface area contributed by atoms with E-state index in [0.717, 1.165) is 31.9 Å². The van der Waals surface area contributed by atoms with E-state index in [1.165, 1.54) is 6.42 Å². The molecule has 0 aromatic carbocycles. The molecule has 5 heteroatoms. The molecule has 0 amide bonds. The Morgan fingerprint density at radius 1 is 1.50 bits per heavy atom. The largest absolute Gasteiger partial charge is 0.355 e. The summed E-state index contributed by atoms with van der Waals surface area (Å²) in [5, 5.41) is 3.83. The van der Waals surface area contributed by atoms with Crippen LogP contribution in [0, 0.1) is 5.41 Å². The van der Waals surface area contributed by atoms with Crippen molar-refractivity contribution in [2.75, 3.05) is 29.9 Å². The van der Waals surface area contributed by atoms with Gasteiger partial charge in [-0.05, 0) is 18.3 Å². The van der Waals surface area contributed by atoms with Crippen LogP contribution >= 0.6 is 11.6 Å². The molecule has 0 spiro atoms. The normalized spacial score (nSPS) is 18.1. The van der Waals surface area contributed by atoms with Gasteiger partial charge >= 0.3 is 0 Å². The Balaban J connectivity index is 2.16. The Morgan fingerprint density at radius 3 is 2.89 bits per heavy atom. The number of nitrogens with zero attached hydrogens (tertiary/aromatic N) is 3. The van der Waals surface area contributed by atoms with E-state index in [1.807, 2.05) is 0 Å². The van der Waals surface area contributed by atoms with Crippen molar-refractivity contribution in [1.29, 1.82) is 0 Å². The van der Waals surface area contributed by atoms with Crippen LogP contribution in [0.4, 0.5) is 11.8 Å². The molecule has 100 valence electrons. The van der Waals surface area contributed by atoms with Gasteiger partial charge in [0.2, 0.25) is 5.95 Å². The molecule has 2 rings (SSSR count). The Labute approximate surface area is 114 Å². The molecule has 1 aromatic heterocycles. The maximum Gasteiger partial charge on any atom is 0.224 e. The maximum atomic E-state index is 6.21. The van der Waals surface area contributed by atoms with Gasteiger partial charge in [-0.3, -0.25) is 0 Å². The third-order valence-corrected chi connectivity index (χ3v) is 3.50. The lowest BCUT2D eigenvalue weighted by molar-refractivity contribution is 0.418. The van der Waals surface area contributed by atoms with Gasteiger partial charge in [-0.25, -0.2) is 4.98 Å². The molecule has 18 heavy (non-hydrogen) atoms. The van der Waals surface area contributed by atoms with Gasteiger partial charge in [0.25, 0.3) is 0 Å². The first-order chi connectivity index (χ1) is 8.52. The van der Waals surface area contributed by atoms with Crippen molar-refractivity contribution in [3.8, 4) is 0 Å². The maximum absolute atomic E-state index is 6.21. The first-order valence-electron chi connectivity index (χ1n) is 6.53. The van der Waals surface area contributed by atoms with Crippen molar-refractivity contribution in [1.82, 2.24) is 9.97 Å². The van der Waals surface area contributed by atoms with Crippen LogP contribution in [0.1, 0.15) is 33.6 Å². The lowest BCUT2D eigenvalue weighted by Gasteiger charge is -2.21. The second kappa shape index (κ2) is 5.31. The standard InChI is InChI=1S/C13H21ClN4/c1-4-6-15-12-16-8-10(14)11(17-12)18-7-5-13(2,3)9-18/h8H,4-7,9H2,1-3H3,(H,15,16,17). The Kier molecular flexibility index (Phi) is 3.95. The van der Waals surface area contributed by atoms with Crippen LogP contribution in [0.3, 0.4) is 0 Å². The number of rotatable bonds is 4. The Hall–Kier alpha value is -1.03. The van der Waals surface area contributed by atoms with Crippen LogP contribution in [0.25, 0.3) is 0 Å². The summed E-state index contributed by atoms with van der Waals surface area (Å²) in [4.78, 5) is 11.0. The SMILES string of the molecule is CCCNc1ncc(Cl)c(N2CCC(C)(C)C2)n1. The average Bonchev–Trinajstić information content (AvgIpc) is 2.68. The van der Waals surface area contributed by atoms with E-state index in [2.05, 4.69) is 41.0 Å². The number of anilines is 2. The summed E-state index contributed by atoms with van der Waals surface area (Å²) in [5.41, 5.74) is 0.339. The zero-order valence-electron chi connectivity index (χ0n) is 11.3. The van der Waals surface area contributed by atoms with Crippen LogP contribution in [0.5, 0.6) is 0 Å². The molecule has 1 fully saturated rings. The van der Waals surface area contributed by atoms with Crippen molar-refractivity contribution < 1.29 is 0 Å². The van der Waals surface area contributed by atoms with E-state index in [0.29, 0.717) is 16.4 Å². The molecule has 4 nitrogen and oxygen atoms in total. The number of hydrogen-bond acceptors (Lipinski definition) is 4. The van der Waals surface area contributed by atoms with Gasteiger partial charge in [0, 0.05) is 19.6 Å². The van der Waals surface area contributed by atoms with Gasteiger partial charge in [-0.2, -0.15) is 4.98 Å². The van der Waals surface area contributed by atoms with Gasteiger partial charge in [0.1, 0.15) is 5.02 Å². The molecule has 0 radical (unpaired) electrons. The topological polar surface area (TPSA) is 41.1 Å². The monoisotopic (exact) mass is 268 g/mol. The molecule has 0 bridgehead atoms. The number of nitrogens with one attached hydrogen (secondary N) is 1. The van der Waals surface area contributed by atoms with E-state index in [4.69, 9.17) is 11.6 Å². The van der Waals surface area contributed by atoms with Crippen molar-refractivity contribution in [2.24, 2.45) is 5.41 Å².